The minimum Gasteiger partial charge on any atom is -0.380 e. The Kier molecular flexibility index (Phi) is 2.78. The fourth-order valence-corrected chi connectivity index (χ4v) is 1.47. The predicted molar refractivity (Wildman–Crippen MR) is 43.9 cm³/mol. The molecular formula is C7H9NO3S. The van der Waals surface area contributed by atoms with Gasteiger partial charge in [0.25, 0.3) is 0 Å². The van der Waals surface area contributed by atoms with Crippen LogP contribution in [0.25, 0.3) is 0 Å². The molecule has 1 aromatic rings. The summed E-state index contributed by atoms with van der Waals surface area (Å²) in [7, 11) is -3.38. The Labute approximate surface area is 70.8 Å². The maximum atomic E-state index is 10.9. The standard InChI is InChI=1S/C7H9NO3S/c9-6-12(10,11)5-7-3-1-2-4-8-7/h1-4,9H,5-6H2. The lowest BCUT2D eigenvalue weighted by Gasteiger charge is -1.98. The lowest BCUT2D eigenvalue weighted by Crippen LogP contribution is -2.09. The third kappa shape index (κ3) is 2.60. The van der Waals surface area contributed by atoms with E-state index in [0.29, 0.717) is 5.69 Å². The van der Waals surface area contributed by atoms with Gasteiger partial charge in [-0.05, 0) is 12.1 Å². The molecule has 1 aromatic heterocycles. The molecule has 12 heavy (non-hydrogen) atoms. The second-order valence-electron chi connectivity index (χ2n) is 2.34. The van der Waals surface area contributed by atoms with Crippen LogP contribution in [0.2, 0.25) is 0 Å². The van der Waals surface area contributed by atoms with Crippen molar-refractivity contribution in [2.24, 2.45) is 0 Å². The monoisotopic (exact) mass is 187 g/mol. The minimum absolute atomic E-state index is 0.204. The molecule has 0 saturated carbocycles. The number of nitrogens with zero attached hydrogens (tertiary/aromatic N) is 1. The molecule has 1 N–H and O–H groups in total. The number of sulfone groups is 1. The van der Waals surface area contributed by atoms with Gasteiger partial charge >= 0.3 is 0 Å². The van der Waals surface area contributed by atoms with Gasteiger partial charge in [0.05, 0.1) is 11.4 Å². The molecule has 5 heteroatoms. The summed E-state index contributed by atoms with van der Waals surface area (Å²) in [6, 6.07) is 5.01. The van der Waals surface area contributed by atoms with Crippen molar-refractivity contribution in [2.75, 3.05) is 5.94 Å². The molecule has 66 valence electrons. The average Bonchev–Trinajstić information content (AvgIpc) is 2.06. The van der Waals surface area contributed by atoms with Gasteiger partial charge in [-0.25, -0.2) is 8.42 Å². The third-order valence-electron chi connectivity index (χ3n) is 1.29. The number of pyridine rings is 1. The summed E-state index contributed by atoms with van der Waals surface area (Å²) in [4.78, 5) is 3.82. The maximum absolute atomic E-state index is 10.9. The normalized spacial score (nSPS) is 11.4. The first-order valence-electron chi connectivity index (χ1n) is 3.35. The fraction of sp³-hybridized carbons (Fsp3) is 0.286. The lowest BCUT2D eigenvalue weighted by atomic mass is 10.4. The Morgan fingerprint density at radius 1 is 1.42 bits per heavy atom. The molecule has 0 aliphatic carbocycles. The molecule has 0 radical (unpaired) electrons. The number of hydrogen-bond donors (Lipinski definition) is 1. The van der Waals surface area contributed by atoms with E-state index < -0.39 is 15.8 Å². The van der Waals surface area contributed by atoms with Crippen LogP contribution in [0.1, 0.15) is 5.69 Å². The molecule has 0 spiro atoms. The summed E-state index contributed by atoms with van der Waals surface area (Å²) in [5.41, 5.74) is 0.451. The van der Waals surface area contributed by atoms with Crippen molar-refractivity contribution in [2.45, 2.75) is 5.75 Å². The minimum atomic E-state index is -3.38. The highest BCUT2D eigenvalue weighted by molar-refractivity contribution is 7.90. The van der Waals surface area contributed by atoms with E-state index in [-0.39, 0.29) is 5.75 Å². The molecule has 0 fully saturated rings. The van der Waals surface area contributed by atoms with Crippen LogP contribution in [0, 0.1) is 0 Å². The van der Waals surface area contributed by atoms with Crippen LogP contribution >= 0.6 is 0 Å². The van der Waals surface area contributed by atoms with Crippen molar-refractivity contribution in [3.05, 3.63) is 30.1 Å². The number of rotatable bonds is 3. The van der Waals surface area contributed by atoms with Gasteiger partial charge in [-0.3, -0.25) is 4.98 Å². The van der Waals surface area contributed by atoms with Crippen molar-refractivity contribution < 1.29 is 13.5 Å². The van der Waals surface area contributed by atoms with Crippen LogP contribution in [-0.4, -0.2) is 24.4 Å². The second kappa shape index (κ2) is 3.64. The highest BCUT2D eigenvalue weighted by Gasteiger charge is 2.09. The summed E-state index contributed by atoms with van der Waals surface area (Å²) >= 11 is 0. The van der Waals surface area contributed by atoms with Gasteiger partial charge in [0, 0.05) is 6.20 Å². The van der Waals surface area contributed by atoms with Crippen molar-refractivity contribution in [3.63, 3.8) is 0 Å². The van der Waals surface area contributed by atoms with Gasteiger partial charge in [0.2, 0.25) is 0 Å². The topological polar surface area (TPSA) is 67.3 Å². The van der Waals surface area contributed by atoms with E-state index in [1.165, 1.54) is 6.20 Å². The number of hydrogen-bond acceptors (Lipinski definition) is 4. The first-order valence-corrected chi connectivity index (χ1v) is 5.17. The van der Waals surface area contributed by atoms with E-state index in [0.717, 1.165) is 0 Å². The van der Waals surface area contributed by atoms with E-state index in [1.54, 1.807) is 18.2 Å². The van der Waals surface area contributed by atoms with Gasteiger partial charge < -0.3 is 5.11 Å². The molecule has 1 heterocycles. The number of aliphatic hydroxyl groups excluding tert-OH is 1. The van der Waals surface area contributed by atoms with Crippen molar-refractivity contribution in [1.82, 2.24) is 4.98 Å². The second-order valence-corrected chi connectivity index (χ2v) is 4.37. The zero-order valence-electron chi connectivity index (χ0n) is 6.34. The summed E-state index contributed by atoms with van der Waals surface area (Å²) in [6.45, 7) is 0. The van der Waals surface area contributed by atoms with E-state index in [2.05, 4.69) is 4.98 Å². The van der Waals surface area contributed by atoms with Crippen LogP contribution < -0.4 is 0 Å². The van der Waals surface area contributed by atoms with Gasteiger partial charge in [-0.15, -0.1) is 0 Å². The zero-order chi connectivity index (χ0) is 9.03. The SMILES string of the molecule is O=S(=O)(CO)Cc1ccccn1. The zero-order valence-corrected chi connectivity index (χ0v) is 7.16. The first kappa shape index (κ1) is 9.15. The Balaban J connectivity index is 2.78. The van der Waals surface area contributed by atoms with E-state index >= 15 is 0 Å². The quantitative estimate of drug-likeness (QED) is 0.720. The van der Waals surface area contributed by atoms with Gasteiger partial charge in [0.1, 0.15) is 5.94 Å². The van der Waals surface area contributed by atoms with Crippen molar-refractivity contribution in [3.8, 4) is 0 Å². The van der Waals surface area contributed by atoms with E-state index in [9.17, 15) is 8.42 Å². The summed E-state index contributed by atoms with van der Waals surface area (Å²) in [6.07, 6.45) is 1.52. The molecule has 0 saturated heterocycles. The molecule has 0 aromatic carbocycles. The van der Waals surface area contributed by atoms with Crippen LogP contribution in [0.3, 0.4) is 0 Å². The Morgan fingerprint density at radius 3 is 2.67 bits per heavy atom. The van der Waals surface area contributed by atoms with Crippen molar-refractivity contribution >= 4 is 9.84 Å². The highest BCUT2D eigenvalue weighted by atomic mass is 32.2. The highest BCUT2D eigenvalue weighted by Crippen LogP contribution is 2.01. The Bertz CT molecular complexity index is 333. The number of aromatic nitrogens is 1. The lowest BCUT2D eigenvalue weighted by molar-refractivity contribution is 0.358. The predicted octanol–water partition coefficient (Wildman–Crippen LogP) is -0.0538. The summed E-state index contributed by atoms with van der Waals surface area (Å²) in [5.74, 6) is -1.03. The molecule has 0 aliphatic heterocycles. The molecule has 4 nitrogen and oxygen atoms in total. The molecule has 1 rings (SSSR count). The first-order chi connectivity index (χ1) is 5.64. The summed E-state index contributed by atoms with van der Waals surface area (Å²) < 4.78 is 21.8. The molecule has 0 amide bonds. The Morgan fingerprint density at radius 2 is 2.17 bits per heavy atom. The van der Waals surface area contributed by atoms with Gasteiger partial charge in [-0.1, -0.05) is 6.07 Å². The van der Waals surface area contributed by atoms with Crippen LogP contribution in [0.4, 0.5) is 0 Å². The molecule has 0 unspecified atom stereocenters. The van der Waals surface area contributed by atoms with Crippen LogP contribution in [0.15, 0.2) is 24.4 Å². The fourth-order valence-electron chi connectivity index (χ4n) is 0.754. The molecule has 0 atom stereocenters. The number of aliphatic hydroxyl groups is 1. The smallest absolute Gasteiger partial charge is 0.179 e. The largest absolute Gasteiger partial charge is 0.380 e. The third-order valence-corrected chi connectivity index (χ3v) is 2.42. The van der Waals surface area contributed by atoms with E-state index in [1.807, 2.05) is 0 Å². The Hall–Kier alpha value is -0.940. The van der Waals surface area contributed by atoms with E-state index in [4.69, 9.17) is 5.11 Å². The van der Waals surface area contributed by atoms with Crippen molar-refractivity contribution in [1.29, 1.82) is 0 Å². The van der Waals surface area contributed by atoms with Gasteiger partial charge in [-0.2, -0.15) is 0 Å². The molecule has 0 bridgehead atoms. The molecule has 0 aliphatic rings. The van der Waals surface area contributed by atoms with Gasteiger partial charge in [0.15, 0.2) is 9.84 Å². The van der Waals surface area contributed by atoms with Crippen LogP contribution in [0.5, 0.6) is 0 Å². The average molecular weight is 187 g/mol. The van der Waals surface area contributed by atoms with Crippen LogP contribution in [-0.2, 0) is 15.6 Å². The maximum Gasteiger partial charge on any atom is 0.179 e. The molecular weight excluding hydrogens is 178 g/mol. The summed E-state index contributed by atoms with van der Waals surface area (Å²) in [5, 5.41) is 8.44.